The van der Waals surface area contributed by atoms with Crippen LogP contribution in [0.4, 0.5) is 0 Å². The molecule has 0 amide bonds. The molecule has 0 aromatic carbocycles. The van der Waals surface area contributed by atoms with Crippen LogP contribution in [0.25, 0.3) is 11.3 Å². The van der Waals surface area contributed by atoms with E-state index in [0.29, 0.717) is 30.7 Å². The highest BCUT2D eigenvalue weighted by atomic mass is 16.5. The molecule has 2 heterocycles. The monoisotopic (exact) mass is 440 g/mol. The van der Waals surface area contributed by atoms with E-state index in [1.54, 1.807) is 0 Å². The van der Waals surface area contributed by atoms with Gasteiger partial charge in [-0.1, -0.05) is 61.8 Å². The Balaban J connectivity index is 2.69. The van der Waals surface area contributed by atoms with Gasteiger partial charge in [0, 0.05) is 24.0 Å². The average Bonchev–Trinajstić information content (AvgIpc) is 2.67. The first-order chi connectivity index (χ1) is 15.0. The SMILES string of the molecule is CCCCOc1cc(CC(C)C)c(-c2ccnc(CC(C)C)c2)n(CCC(C)(C)C)c1=O. The summed E-state index contributed by atoms with van der Waals surface area (Å²) in [5, 5.41) is 0. The minimum absolute atomic E-state index is 0.0184. The maximum absolute atomic E-state index is 13.6. The van der Waals surface area contributed by atoms with Gasteiger partial charge < -0.3 is 9.30 Å². The highest BCUT2D eigenvalue weighted by molar-refractivity contribution is 5.65. The van der Waals surface area contributed by atoms with Crippen molar-refractivity contribution in [2.75, 3.05) is 6.61 Å². The Morgan fingerprint density at radius 1 is 1.06 bits per heavy atom. The largest absolute Gasteiger partial charge is 0.488 e. The molecule has 0 aliphatic heterocycles. The van der Waals surface area contributed by atoms with Crippen molar-refractivity contribution in [1.29, 1.82) is 0 Å². The van der Waals surface area contributed by atoms with Crippen LogP contribution in [0, 0.1) is 17.3 Å². The maximum Gasteiger partial charge on any atom is 0.293 e. The second-order valence-electron chi connectivity index (χ2n) is 11.1. The van der Waals surface area contributed by atoms with Gasteiger partial charge in [-0.3, -0.25) is 9.78 Å². The Kier molecular flexibility index (Phi) is 9.54. The van der Waals surface area contributed by atoms with E-state index in [1.807, 2.05) is 22.9 Å². The fourth-order valence-electron chi connectivity index (χ4n) is 3.88. The minimum Gasteiger partial charge on any atom is -0.488 e. The lowest BCUT2D eigenvalue weighted by Crippen LogP contribution is -2.27. The molecule has 0 N–H and O–H groups in total. The fourth-order valence-corrected chi connectivity index (χ4v) is 3.88. The second-order valence-corrected chi connectivity index (χ2v) is 11.1. The summed E-state index contributed by atoms with van der Waals surface area (Å²) in [5.74, 6) is 1.50. The second kappa shape index (κ2) is 11.7. The third kappa shape index (κ3) is 7.79. The molecule has 0 aliphatic rings. The van der Waals surface area contributed by atoms with Gasteiger partial charge in [0.15, 0.2) is 5.75 Å². The predicted molar refractivity (Wildman–Crippen MR) is 135 cm³/mol. The zero-order valence-corrected chi connectivity index (χ0v) is 21.6. The molecule has 0 atom stereocenters. The molecular formula is C28H44N2O2. The van der Waals surface area contributed by atoms with E-state index in [1.165, 1.54) is 5.56 Å². The molecule has 0 radical (unpaired) electrons. The summed E-state index contributed by atoms with van der Waals surface area (Å²) in [6.07, 6.45) is 6.63. The molecule has 0 bridgehead atoms. The van der Waals surface area contributed by atoms with Crippen molar-refractivity contribution in [2.45, 2.75) is 94.0 Å². The van der Waals surface area contributed by atoms with E-state index in [9.17, 15) is 4.79 Å². The molecule has 32 heavy (non-hydrogen) atoms. The molecule has 4 nitrogen and oxygen atoms in total. The van der Waals surface area contributed by atoms with E-state index >= 15 is 0 Å². The molecule has 2 aromatic rings. The highest BCUT2D eigenvalue weighted by Crippen LogP contribution is 2.30. The van der Waals surface area contributed by atoms with E-state index < -0.39 is 0 Å². The molecular weight excluding hydrogens is 396 g/mol. The van der Waals surface area contributed by atoms with Crippen LogP contribution in [0.1, 0.15) is 85.9 Å². The molecule has 0 fully saturated rings. The maximum atomic E-state index is 13.6. The van der Waals surface area contributed by atoms with Gasteiger partial charge in [-0.15, -0.1) is 0 Å². The van der Waals surface area contributed by atoms with Gasteiger partial charge in [0.1, 0.15) is 0 Å². The van der Waals surface area contributed by atoms with Crippen molar-refractivity contribution in [3.8, 4) is 17.0 Å². The molecule has 0 saturated heterocycles. The predicted octanol–water partition coefficient (Wildman–Crippen LogP) is 6.92. The van der Waals surface area contributed by atoms with Gasteiger partial charge in [0.2, 0.25) is 0 Å². The zero-order valence-electron chi connectivity index (χ0n) is 21.6. The van der Waals surface area contributed by atoms with Gasteiger partial charge in [-0.05, 0) is 66.7 Å². The zero-order chi connectivity index (χ0) is 23.9. The summed E-state index contributed by atoms with van der Waals surface area (Å²) in [4.78, 5) is 18.2. The Morgan fingerprint density at radius 3 is 2.34 bits per heavy atom. The van der Waals surface area contributed by atoms with Gasteiger partial charge in [0.25, 0.3) is 5.56 Å². The molecule has 0 saturated carbocycles. The van der Waals surface area contributed by atoms with Gasteiger partial charge in [-0.2, -0.15) is 0 Å². The van der Waals surface area contributed by atoms with E-state index in [0.717, 1.165) is 49.1 Å². The quantitative estimate of drug-likeness (QED) is 0.356. The summed E-state index contributed by atoms with van der Waals surface area (Å²) in [6.45, 7) is 18.9. The van der Waals surface area contributed by atoms with Crippen LogP contribution in [0.3, 0.4) is 0 Å². The van der Waals surface area contributed by atoms with Gasteiger partial charge in [-0.25, -0.2) is 0 Å². The summed E-state index contributed by atoms with van der Waals surface area (Å²) < 4.78 is 7.96. The van der Waals surface area contributed by atoms with Crippen molar-refractivity contribution in [3.05, 3.63) is 46.0 Å². The van der Waals surface area contributed by atoms with Crippen molar-refractivity contribution >= 4 is 0 Å². The first kappa shape index (κ1) is 26.2. The summed E-state index contributed by atoms with van der Waals surface area (Å²) in [7, 11) is 0. The van der Waals surface area contributed by atoms with Crippen LogP contribution in [-0.4, -0.2) is 16.2 Å². The van der Waals surface area contributed by atoms with E-state index in [4.69, 9.17) is 4.74 Å². The summed E-state index contributed by atoms with van der Waals surface area (Å²) in [6, 6.07) is 6.22. The number of hydrogen-bond donors (Lipinski definition) is 0. The van der Waals surface area contributed by atoms with Gasteiger partial charge in [0.05, 0.1) is 12.3 Å². The smallest absolute Gasteiger partial charge is 0.293 e. The molecule has 0 aliphatic carbocycles. The number of pyridine rings is 2. The van der Waals surface area contributed by atoms with Crippen molar-refractivity contribution in [1.82, 2.24) is 9.55 Å². The molecule has 178 valence electrons. The topological polar surface area (TPSA) is 44.1 Å². The van der Waals surface area contributed by atoms with Crippen LogP contribution < -0.4 is 10.3 Å². The Hall–Kier alpha value is -2.10. The molecule has 2 rings (SSSR count). The summed E-state index contributed by atoms with van der Waals surface area (Å²) in [5.41, 5.74) is 4.48. The number of rotatable bonds is 11. The van der Waals surface area contributed by atoms with Crippen LogP contribution >= 0.6 is 0 Å². The number of nitrogens with zero attached hydrogens (tertiary/aromatic N) is 2. The summed E-state index contributed by atoms with van der Waals surface area (Å²) >= 11 is 0. The molecule has 0 unspecified atom stereocenters. The van der Waals surface area contributed by atoms with Crippen LogP contribution in [0.2, 0.25) is 0 Å². The lowest BCUT2D eigenvalue weighted by Gasteiger charge is -2.24. The highest BCUT2D eigenvalue weighted by Gasteiger charge is 2.20. The first-order valence-electron chi connectivity index (χ1n) is 12.4. The molecule has 0 spiro atoms. The van der Waals surface area contributed by atoms with Crippen LogP contribution in [-0.2, 0) is 19.4 Å². The number of unbranched alkanes of at least 4 members (excludes halogenated alkanes) is 1. The Labute approximate surface area is 195 Å². The third-order valence-corrected chi connectivity index (χ3v) is 5.51. The average molecular weight is 441 g/mol. The van der Waals surface area contributed by atoms with Crippen molar-refractivity contribution in [3.63, 3.8) is 0 Å². The van der Waals surface area contributed by atoms with Gasteiger partial charge >= 0.3 is 0 Å². The molecule has 2 aromatic heterocycles. The van der Waals surface area contributed by atoms with E-state index in [-0.39, 0.29) is 11.0 Å². The normalized spacial score (nSPS) is 12.1. The number of hydrogen-bond acceptors (Lipinski definition) is 3. The Morgan fingerprint density at radius 2 is 1.75 bits per heavy atom. The van der Waals surface area contributed by atoms with Crippen LogP contribution in [0.5, 0.6) is 5.75 Å². The Bertz CT molecular complexity index is 920. The minimum atomic E-state index is -0.0184. The lowest BCUT2D eigenvalue weighted by atomic mass is 9.91. The number of aromatic nitrogens is 2. The first-order valence-corrected chi connectivity index (χ1v) is 12.4. The number of ether oxygens (including phenoxy) is 1. The standard InChI is InChI=1S/C28H44N2O2/c1-9-10-15-32-25-19-23(16-20(2)3)26(30(27(25)31)14-12-28(6,7)8)22-11-13-29-24(18-22)17-21(4)5/h11,13,18-21H,9-10,12,14-17H2,1-8H3. The molecule has 4 heteroatoms. The van der Waals surface area contributed by atoms with E-state index in [2.05, 4.69) is 66.4 Å². The van der Waals surface area contributed by atoms with Crippen molar-refractivity contribution in [2.24, 2.45) is 17.3 Å². The van der Waals surface area contributed by atoms with Crippen LogP contribution in [0.15, 0.2) is 29.2 Å². The fraction of sp³-hybridized carbons (Fsp3) is 0.643. The third-order valence-electron chi connectivity index (χ3n) is 5.51. The lowest BCUT2D eigenvalue weighted by molar-refractivity contribution is 0.298. The van der Waals surface area contributed by atoms with Crippen molar-refractivity contribution < 1.29 is 4.74 Å².